The van der Waals surface area contributed by atoms with Crippen molar-refractivity contribution in [2.75, 3.05) is 5.32 Å². The Balaban J connectivity index is 1.72. The third kappa shape index (κ3) is 2.72. The molecule has 0 atom stereocenters. The summed E-state index contributed by atoms with van der Waals surface area (Å²) in [6.45, 7) is 0. The molecule has 0 bridgehead atoms. The molecule has 2 heterocycles. The van der Waals surface area contributed by atoms with Crippen LogP contribution in [-0.2, 0) is 0 Å². The molecule has 122 valence electrons. The fourth-order valence-corrected chi connectivity index (χ4v) is 2.79. The smallest absolute Gasteiger partial charge is 0.261 e. The van der Waals surface area contributed by atoms with Crippen molar-refractivity contribution in [3.05, 3.63) is 89.1 Å². The van der Waals surface area contributed by atoms with E-state index in [1.165, 1.54) is 6.20 Å². The lowest BCUT2D eigenvalue weighted by Gasteiger charge is -2.10. The van der Waals surface area contributed by atoms with Crippen molar-refractivity contribution in [3.63, 3.8) is 0 Å². The molecule has 0 radical (unpaired) electrons. The summed E-state index contributed by atoms with van der Waals surface area (Å²) in [6.07, 6.45) is 4.62. The van der Waals surface area contributed by atoms with E-state index < -0.39 is 5.91 Å². The average molecular weight is 330 g/mol. The Morgan fingerprint density at radius 2 is 1.80 bits per heavy atom. The van der Waals surface area contributed by atoms with E-state index in [4.69, 9.17) is 4.42 Å². The summed E-state index contributed by atoms with van der Waals surface area (Å²) in [4.78, 5) is 28.2. The maximum atomic E-state index is 12.6. The quantitative estimate of drug-likeness (QED) is 0.595. The number of amides is 1. The molecule has 4 aromatic rings. The van der Waals surface area contributed by atoms with Crippen molar-refractivity contribution >= 4 is 22.5 Å². The number of hydrogen-bond acceptors (Lipinski definition) is 3. The zero-order valence-corrected chi connectivity index (χ0v) is 13.2. The lowest BCUT2D eigenvalue weighted by Crippen LogP contribution is -2.22. The summed E-state index contributed by atoms with van der Waals surface area (Å²) < 4.78 is 5.11. The van der Waals surface area contributed by atoms with Gasteiger partial charge in [0.25, 0.3) is 5.91 Å². The number of H-pyrrole nitrogens is 1. The van der Waals surface area contributed by atoms with E-state index in [9.17, 15) is 9.59 Å². The molecular formula is C20H14N2O3. The number of anilines is 1. The number of carbonyl (C=O) groups is 1. The first-order valence-corrected chi connectivity index (χ1v) is 7.77. The van der Waals surface area contributed by atoms with Crippen LogP contribution in [0.1, 0.15) is 10.4 Å². The van der Waals surface area contributed by atoms with Crippen LogP contribution in [0.5, 0.6) is 0 Å². The summed E-state index contributed by atoms with van der Waals surface area (Å²) >= 11 is 0. The molecule has 0 spiro atoms. The number of rotatable bonds is 3. The summed E-state index contributed by atoms with van der Waals surface area (Å²) in [5, 5.41) is 3.30. The number of furan rings is 1. The van der Waals surface area contributed by atoms with Gasteiger partial charge in [0.2, 0.25) is 5.43 Å². The molecule has 0 aliphatic carbocycles. The number of nitrogens with one attached hydrogen (secondary N) is 2. The van der Waals surface area contributed by atoms with E-state index in [1.54, 1.807) is 36.8 Å². The van der Waals surface area contributed by atoms with Crippen molar-refractivity contribution in [3.8, 4) is 11.1 Å². The Bertz CT molecular complexity index is 1110. The standard InChI is InChI=1S/C20H14N2O3/c23-19-15-6-2-3-7-17(15)21-11-16(19)20(24)22-18-8-4-1-5-14(18)13-9-10-25-12-13/h1-12H,(H,21,23)(H,22,24). The van der Waals surface area contributed by atoms with Gasteiger partial charge in [-0.05, 0) is 24.3 Å². The van der Waals surface area contributed by atoms with E-state index in [-0.39, 0.29) is 11.0 Å². The summed E-state index contributed by atoms with van der Waals surface area (Å²) in [5.74, 6) is -0.456. The molecule has 2 aromatic heterocycles. The van der Waals surface area contributed by atoms with Crippen LogP contribution in [0.4, 0.5) is 5.69 Å². The Morgan fingerprint density at radius 3 is 2.64 bits per heavy atom. The fraction of sp³-hybridized carbons (Fsp3) is 0. The number of pyridine rings is 1. The first-order chi connectivity index (χ1) is 12.2. The molecule has 0 unspecified atom stereocenters. The minimum Gasteiger partial charge on any atom is -0.472 e. The predicted octanol–water partition coefficient (Wildman–Crippen LogP) is 4.04. The Hall–Kier alpha value is -3.60. The molecule has 5 nitrogen and oxygen atoms in total. The third-order valence-corrected chi connectivity index (χ3v) is 4.04. The lowest BCUT2D eigenvalue weighted by atomic mass is 10.1. The van der Waals surface area contributed by atoms with E-state index in [0.29, 0.717) is 16.6 Å². The van der Waals surface area contributed by atoms with Crippen molar-refractivity contribution < 1.29 is 9.21 Å². The van der Waals surface area contributed by atoms with Gasteiger partial charge in [0.05, 0.1) is 12.5 Å². The maximum Gasteiger partial charge on any atom is 0.261 e. The van der Waals surface area contributed by atoms with Crippen LogP contribution in [0, 0.1) is 0 Å². The average Bonchev–Trinajstić information content (AvgIpc) is 3.17. The second-order valence-corrected chi connectivity index (χ2v) is 5.59. The Morgan fingerprint density at radius 1 is 1.00 bits per heavy atom. The van der Waals surface area contributed by atoms with Gasteiger partial charge >= 0.3 is 0 Å². The highest BCUT2D eigenvalue weighted by molar-refractivity contribution is 6.07. The molecule has 4 rings (SSSR count). The van der Waals surface area contributed by atoms with Gasteiger partial charge in [0.15, 0.2) is 0 Å². The molecule has 5 heteroatoms. The molecule has 0 saturated heterocycles. The van der Waals surface area contributed by atoms with E-state index >= 15 is 0 Å². The number of aromatic nitrogens is 1. The van der Waals surface area contributed by atoms with Gasteiger partial charge in [0, 0.05) is 33.9 Å². The molecule has 25 heavy (non-hydrogen) atoms. The van der Waals surface area contributed by atoms with Crippen LogP contribution in [0.3, 0.4) is 0 Å². The van der Waals surface area contributed by atoms with Gasteiger partial charge in [0.1, 0.15) is 5.56 Å². The van der Waals surface area contributed by atoms with E-state index in [1.807, 2.05) is 30.3 Å². The lowest BCUT2D eigenvalue weighted by molar-refractivity contribution is 0.102. The van der Waals surface area contributed by atoms with Crippen LogP contribution in [-0.4, -0.2) is 10.9 Å². The minimum absolute atomic E-state index is 0.0701. The highest BCUT2D eigenvalue weighted by Gasteiger charge is 2.15. The first kappa shape index (κ1) is 15.0. The van der Waals surface area contributed by atoms with E-state index in [2.05, 4.69) is 10.3 Å². The normalized spacial score (nSPS) is 10.7. The molecule has 0 saturated carbocycles. The van der Waals surface area contributed by atoms with Gasteiger partial charge in [-0.2, -0.15) is 0 Å². The SMILES string of the molecule is O=C(Nc1ccccc1-c1ccoc1)c1c[nH]c2ccccc2c1=O. The number of fused-ring (bicyclic) bond motifs is 1. The maximum absolute atomic E-state index is 12.6. The van der Waals surface area contributed by atoms with Crippen molar-refractivity contribution in [2.24, 2.45) is 0 Å². The van der Waals surface area contributed by atoms with Gasteiger partial charge in [-0.25, -0.2) is 0 Å². The zero-order valence-electron chi connectivity index (χ0n) is 13.2. The first-order valence-electron chi connectivity index (χ1n) is 7.77. The largest absolute Gasteiger partial charge is 0.472 e. The molecular weight excluding hydrogens is 316 g/mol. The van der Waals surface area contributed by atoms with Crippen LogP contribution < -0.4 is 10.7 Å². The van der Waals surface area contributed by atoms with Crippen molar-refractivity contribution in [1.29, 1.82) is 0 Å². The van der Waals surface area contributed by atoms with Crippen molar-refractivity contribution in [1.82, 2.24) is 4.98 Å². The Labute approximate surface area is 142 Å². The van der Waals surface area contributed by atoms with Gasteiger partial charge in [-0.15, -0.1) is 0 Å². The predicted molar refractivity (Wildman–Crippen MR) is 96.7 cm³/mol. The van der Waals surface area contributed by atoms with Crippen molar-refractivity contribution in [2.45, 2.75) is 0 Å². The molecule has 0 fully saturated rings. The van der Waals surface area contributed by atoms with E-state index in [0.717, 1.165) is 11.1 Å². The van der Waals surface area contributed by atoms with Crippen LogP contribution in [0.15, 0.2) is 82.5 Å². The van der Waals surface area contributed by atoms with Gasteiger partial charge in [-0.1, -0.05) is 30.3 Å². The summed E-state index contributed by atoms with van der Waals surface area (Å²) in [6, 6.07) is 16.3. The molecule has 2 aromatic carbocycles. The summed E-state index contributed by atoms with van der Waals surface area (Å²) in [5.41, 5.74) is 2.75. The second-order valence-electron chi connectivity index (χ2n) is 5.59. The number of para-hydroxylation sites is 2. The minimum atomic E-state index is -0.456. The van der Waals surface area contributed by atoms with Crippen LogP contribution in [0.2, 0.25) is 0 Å². The van der Waals surface area contributed by atoms with Gasteiger partial charge in [-0.3, -0.25) is 9.59 Å². The third-order valence-electron chi connectivity index (χ3n) is 4.04. The molecule has 1 amide bonds. The van der Waals surface area contributed by atoms with Crippen LogP contribution in [0.25, 0.3) is 22.0 Å². The zero-order chi connectivity index (χ0) is 17.2. The molecule has 2 N–H and O–H groups in total. The second kappa shape index (κ2) is 6.13. The number of hydrogen-bond donors (Lipinski definition) is 2. The summed E-state index contributed by atoms with van der Waals surface area (Å²) in [7, 11) is 0. The number of benzene rings is 2. The topological polar surface area (TPSA) is 75.1 Å². The number of carbonyl (C=O) groups excluding carboxylic acids is 1. The Kier molecular flexibility index (Phi) is 3.67. The highest BCUT2D eigenvalue weighted by atomic mass is 16.3. The number of aromatic amines is 1. The molecule has 0 aliphatic heterocycles. The van der Waals surface area contributed by atoms with Crippen LogP contribution >= 0.6 is 0 Å². The molecule has 0 aliphatic rings. The highest BCUT2D eigenvalue weighted by Crippen LogP contribution is 2.28. The van der Waals surface area contributed by atoms with Gasteiger partial charge < -0.3 is 14.7 Å². The fourth-order valence-electron chi connectivity index (χ4n) is 2.79. The monoisotopic (exact) mass is 330 g/mol.